The molecule has 0 saturated carbocycles. The SMILES string of the molecule is CN=Cc1c(N)ccc(F)c1Nc1ncc(C(F)(F)F)c(NC)n1. The molecule has 128 valence electrons. The molecule has 0 aliphatic heterocycles. The minimum Gasteiger partial charge on any atom is -0.398 e. The molecular weight excluding hydrogens is 328 g/mol. The van der Waals surface area contributed by atoms with E-state index >= 15 is 0 Å². The number of alkyl halides is 3. The summed E-state index contributed by atoms with van der Waals surface area (Å²) in [5, 5.41) is 4.88. The molecule has 0 amide bonds. The Morgan fingerprint density at radius 3 is 2.58 bits per heavy atom. The third kappa shape index (κ3) is 3.53. The van der Waals surface area contributed by atoms with Crippen molar-refractivity contribution in [2.75, 3.05) is 30.5 Å². The van der Waals surface area contributed by atoms with Crippen molar-refractivity contribution in [1.82, 2.24) is 9.97 Å². The maximum Gasteiger partial charge on any atom is 0.421 e. The Hall–Kier alpha value is -2.91. The number of anilines is 4. The molecule has 0 bridgehead atoms. The Balaban J connectivity index is 2.48. The standard InChI is InChI=1S/C14H14F4N6/c1-20-5-7-10(19)4-3-9(15)11(7)23-13-22-6-8(14(16,17)18)12(21-2)24-13/h3-6H,19H2,1-2H3,(H2,21,22,23,24). The van der Waals surface area contributed by atoms with Gasteiger partial charge in [0.2, 0.25) is 5.95 Å². The fourth-order valence-corrected chi connectivity index (χ4v) is 1.96. The van der Waals surface area contributed by atoms with E-state index < -0.39 is 23.4 Å². The molecule has 0 saturated heterocycles. The summed E-state index contributed by atoms with van der Waals surface area (Å²) in [5.41, 5.74) is 5.14. The number of nitrogen functional groups attached to an aromatic ring is 1. The molecule has 2 aromatic rings. The van der Waals surface area contributed by atoms with E-state index in [1.807, 2.05) is 0 Å². The Morgan fingerprint density at radius 1 is 1.29 bits per heavy atom. The number of hydrogen-bond donors (Lipinski definition) is 3. The highest BCUT2D eigenvalue weighted by Gasteiger charge is 2.35. The molecule has 2 rings (SSSR count). The lowest BCUT2D eigenvalue weighted by Gasteiger charge is -2.14. The van der Waals surface area contributed by atoms with E-state index in [9.17, 15) is 17.6 Å². The van der Waals surface area contributed by atoms with Crippen LogP contribution >= 0.6 is 0 Å². The quantitative estimate of drug-likeness (QED) is 0.451. The van der Waals surface area contributed by atoms with Crippen molar-refractivity contribution >= 4 is 29.4 Å². The molecule has 0 spiro atoms. The zero-order valence-electron chi connectivity index (χ0n) is 12.7. The second-order valence-corrected chi connectivity index (χ2v) is 4.64. The van der Waals surface area contributed by atoms with E-state index in [4.69, 9.17) is 5.73 Å². The third-order valence-corrected chi connectivity index (χ3v) is 3.05. The van der Waals surface area contributed by atoms with Crippen molar-refractivity contribution in [1.29, 1.82) is 0 Å². The average molecular weight is 342 g/mol. The summed E-state index contributed by atoms with van der Waals surface area (Å²) in [6.45, 7) is 0. The molecule has 0 fully saturated rings. The first-order valence-electron chi connectivity index (χ1n) is 6.67. The van der Waals surface area contributed by atoms with Gasteiger partial charge in [0.25, 0.3) is 0 Å². The second-order valence-electron chi connectivity index (χ2n) is 4.64. The normalized spacial score (nSPS) is 11.8. The van der Waals surface area contributed by atoms with Gasteiger partial charge in [-0.2, -0.15) is 18.2 Å². The van der Waals surface area contributed by atoms with Crippen LogP contribution in [0.25, 0.3) is 0 Å². The molecular formula is C14H14F4N6. The number of hydrogen-bond acceptors (Lipinski definition) is 6. The minimum atomic E-state index is -4.61. The second kappa shape index (κ2) is 6.69. The van der Waals surface area contributed by atoms with Crippen molar-refractivity contribution in [3.8, 4) is 0 Å². The Bertz CT molecular complexity index is 773. The monoisotopic (exact) mass is 342 g/mol. The predicted octanol–water partition coefficient (Wildman–Crippen LogP) is 3.05. The van der Waals surface area contributed by atoms with Gasteiger partial charge in [0.15, 0.2) is 0 Å². The lowest BCUT2D eigenvalue weighted by Crippen LogP contribution is -2.13. The summed E-state index contributed by atoms with van der Waals surface area (Å²) in [6.07, 6.45) is -2.68. The molecule has 1 aromatic carbocycles. The average Bonchev–Trinajstić information content (AvgIpc) is 2.53. The van der Waals surface area contributed by atoms with Gasteiger partial charge in [-0.25, -0.2) is 9.37 Å². The smallest absolute Gasteiger partial charge is 0.398 e. The van der Waals surface area contributed by atoms with Crippen LogP contribution in [-0.4, -0.2) is 30.3 Å². The van der Waals surface area contributed by atoms with E-state index in [1.165, 1.54) is 26.4 Å². The zero-order chi connectivity index (χ0) is 17.9. The molecule has 0 radical (unpaired) electrons. The molecule has 0 unspecified atom stereocenters. The zero-order valence-corrected chi connectivity index (χ0v) is 12.7. The van der Waals surface area contributed by atoms with Crippen LogP contribution in [-0.2, 0) is 6.18 Å². The van der Waals surface area contributed by atoms with Crippen LogP contribution in [0.15, 0.2) is 23.3 Å². The Kier molecular flexibility index (Phi) is 4.86. The highest BCUT2D eigenvalue weighted by molar-refractivity contribution is 5.95. The largest absolute Gasteiger partial charge is 0.421 e. The van der Waals surface area contributed by atoms with Gasteiger partial charge in [-0.05, 0) is 12.1 Å². The van der Waals surface area contributed by atoms with E-state index in [-0.39, 0.29) is 22.9 Å². The molecule has 10 heteroatoms. The van der Waals surface area contributed by atoms with Crippen molar-refractivity contribution in [3.05, 3.63) is 35.3 Å². The maximum atomic E-state index is 14.1. The molecule has 0 atom stereocenters. The number of benzene rings is 1. The van der Waals surface area contributed by atoms with E-state index in [0.29, 0.717) is 6.20 Å². The molecule has 6 nitrogen and oxygen atoms in total. The van der Waals surface area contributed by atoms with Gasteiger partial charge in [-0.1, -0.05) is 0 Å². The molecule has 4 N–H and O–H groups in total. The van der Waals surface area contributed by atoms with Gasteiger partial charge >= 0.3 is 6.18 Å². The summed E-state index contributed by atoms with van der Waals surface area (Å²) in [7, 11) is 2.76. The topological polar surface area (TPSA) is 88.2 Å². The Labute approximate surface area is 134 Å². The van der Waals surface area contributed by atoms with Gasteiger partial charge in [0.1, 0.15) is 17.2 Å². The third-order valence-electron chi connectivity index (χ3n) is 3.05. The van der Waals surface area contributed by atoms with Crippen LogP contribution in [0.1, 0.15) is 11.1 Å². The number of rotatable bonds is 4. The first-order chi connectivity index (χ1) is 11.3. The van der Waals surface area contributed by atoms with Crippen LogP contribution in [0.5, 0.6) is 0 Å². The van der Waals surface area contributed by atoms with Crippen LogP contribution < -0.4 is 16.4 Å². The van der Waals surface area contributed by atoms with Gasteiger partial charge < -0.3 is 16.4 Å². The summed E-state index contributed by atoms with van der Waals surface area (Å²) in [5.74, 6) is -1.33. The summed E-state index contributed by atoms with van der Waals surface area (Å²) < 4.78 is 52.6. The van der Waals surface area contributed by atoms with Crippen LogP contribution in [0.2, 0.25) is 0 Å². The highest BCUT2D eigenvalue weighted by Crippen LogP contribution is 2.34. The highest BCUT2D eigenvalue weighted by atomic mass is 19.4. The van der Waals surface area contributed by atoms with Crippen molar-refractivity contribution in [3.63, 3.8) is 0 Å². The first kappa shape index (κ1) is 17.4. The predicted molar refractivity (Wildman–Crippen MR) is 84.2 cm³/mol. The van der Waals surface area contributed by atoms with Gasteiger partial charge in [-0.3, -0.25) is 4.99 Å². The van der Waals surface area contributed by atoms with Crippen LogP contribution in [0.4, 0.5) is 40.7 Å². The fourth-order valence-electron chi connectivity index (χ4n) is 1.96. The van der Waals surface area contributed by atoms with E-state index in [2.05, 4.69) is 25.6 Å². The molecule has 1 aromatic heterocycles. The van der Waals surface area contributed by atoms with Gasteiger partial charge in [0, 0.05) is 37.8 Å². The first-order valence-corrected chi connectivity index (χ1v) is 6.67. The number of aliphatic imine (C=N–C) groups is 1. The number of nitrogens with zero attached hydrogens (tertiary/aromatic N) is 3. The number of nitrogens with one attached hydrogen (secondary N) is 2. The van der Waals surface area contributed by atoms with Crippen molar-refractivity contribution in [2.24, 2.45) is 4.99 Å². The molecule has 0 aliphatic carbocycles. The van der Waals surface area contributed by atoms with E-state index in [0.717, 1.165) is 6.07 Å². The number of halogens is 4. The minimum absolute atomic E-state index is 0.0811. The van der Waals surface area contributed by atoms with Crippen LogP contribution in [0.3, 0.4) is 0 Å². The van der Waals surface area contributed by atoms with Crippen LogP contribution in [0, 0.1) is 5.82 Å². The van der Waals surface area contributed by atoms with E-state index in [1.54, 1.807) is 0 Å². The fraction of sp³-hybridized carbons (Fsp3) is 0.214. The van der Waals surface area contributed by atoms with Gasteiger partial charge in [0.05, 0.1) is 5.69 Å². The molecule has 0 aliphatic rings. The lowest BCUT2D eigenvalue weighted by molar-refractivity contribution is -0.137. The van der Waals surface area contributed by atoms with Gasteiger partial charge in [-0.15, -0.1) is 0 Å². The molecule has 24 heavy (non-hydrogen) atoms. The lowest BCUT2D eigenvalue weighted by atomic mass is 10.1. The summed E-state index contributed by atoms with van der Waals surface area (Å²) in [6, 6.07) is 2.47. The Morgan fingerprint density at radius 2 is 2.00 bits per heavy atom. The summed E-state index contributed by atoms with van der Waals surface area (Å²) >= 11 is 0. The number of aromatic nitrogens is 2. The maximum absolute atomic E-state index is 14.1. The number of nitrogens with two attached hydrogens (primary N) is 1. The van der Waals surface area contributed by atoms with Crippen molar-refractivity contribution in [2.45, 2.75) is 6.18 Å². The van der Waals surface area contributed by atoms with Crippen molar-refractivity contribution < 1.29 is 17.6 Å². The molecule has 1 heterocycles. The summed E-state index contributed by atoms with van der Waals surface area (Å²) in [4.78, 5) is 11.1.